The monoisotopic (exact) mass is 268 g/mol. The SMILES string of the molecule is CCCCCOc1ccc(Cl)c(CNC2CC2)n1. The standard InChI is InChI=1S/C14H21ClN2O/c1-2-3-4-9-18-14-8-7-12(15)13(17-14)10-16-11-5-6-11/h7-8,11,16H,2-6,9-10H2,1H3. The van der Waals surface area contributed by atoms with Crippen molar-refractivity contribution in [3.63, 3.8) is 0 Å². The lowest BCUT2D eigenvalue weighted by Crippen LogP contribution is -2.16. The zero-order valence-electron chi connectivity index (χ0n) is 10.9. The highest BCUT2D eigenvalue weighted by atomic mass is 35.5. The van der Waals surface area contributed by atoms with E-state index in [0.717, 1.165) is 25.3 Å². The zero-order chi connectivity index (χ0) is 12.8. The summed E-state index contributed by atoms with van der Waals surface area (Å²) in [7, 11) is 0. The Morgan fingerprint density at radius 3 is 2.94 bits per heavy atom. The van der Waals surface area contributed by atoms with E-state index in [0.29, 0.717) is 16.9 Å². The number of halogens is 1. The van der Waals surface area contributed by atoms with Gasteiger partial charge in [-0.15, -0.1) is 0 Å². The van der Waals surface area contributed by atoms with Gasteiger partial charge in [0.2, 0.25) is 5.88 Å². The third-order valence-corrected chi connectivity index (χ3v) is 3.37. The van der Waals surface area contributed by atoms with E-state index in [4.69, 9.17) is 16.3 Å². The predicted molar refractivity (Wildman–Crippen MR) is 74.1 cm³/mol. The summed E-state index contributed by atoms with van der Waals surface area (Å²) < 4.78 is 5.63. The van der Waals surface area contributed by atoms with Gasteiger partial charge in [0.25, 0.3) is 0 Å². The van der Waals surface area contributed by atoms with Crippen LogP contribution in [0.5, 0.6) is 5.88 Å². The number of pyridine rings is 1. The minimum absolute atomic E-state index is 0.664. The molecule has 1 fully saturated rings. The summed E-state index contributed by atoms with van der Waals surface area (Å²) in [5.74, 6) is 0.683. The van der Waals surface area contributed by atoms with Crippen LogP contribution in [0.4, 0.5) is 0 Å². The minimum Gasteiger partial charge on any atom is -0.478 e. The van der Waals surface area contributed by atoms with Gasteiger partial charge in [0.05, 0.1) is 17.3 Å². The number of hydrogen-bond donors (Lipinski definition) is 1. The topological polar surface area (TPSA) is 34.1 Å². The molecule has 18 heavy (non-hydrogen) atoms. The second kappa shape index (κ2) is 6.95. The molecule has 0 saturated heterocycles. The number of ether oxygens (including phenoxy) is 1. The van der Waals surface area contributed by atoms with E-state index in [1.165, 1.54) is 25.7 Å². The number of unbranched alkanes of at least 4 members (excludes halogenated alkanes) is 2. The van der Waals surface area contributed by atoms with E-state index in [-0.39, 0.29) is 0 Å². The first-order valence-corrected chi connectivity index (χ1v) is 7.19. The van der Waals surface area contributed by atoms with Crippen LogP contribution in [-0.2, 0) is 6.54 Å². The van der Waals surface area contributed by atoms with Crippen LogP contribution in [0.25, 0.3) is 0 Å². The largest absolute Gasteiger partial charge is 0.478 e. The highest BCUT2D eigenvalue weighted by Crippen LogP contribution is 2.22. The third kappa shape index (κ3) is 4.46. The molecule has 0 amide bonds. The normalized spacial score (nSPS) is 14.8. The summed E-state index contributed by atoms with van der Waals surface area (Å²) in [5.41, 5.74) is 0.886. The van der Waals surface area contributed by atoms with Crippen LogP contribution in [-0.4, -0.2) is 17.6 Å². The minimum atomic E-state index is 0.664. The lowest BCUT2D eigenvalue weighted by molar-refractivity contribution is 0.294. The molecular formula is C14H21ClN2O. The van der Waals surface area contributed by atoms with Crippen molar-refractivity contribution in [2.45, 2.75) is 51.6 Å². The summed E-state index contributed by atoms with van der Waals surface area (Å²) in [4.78, 5) is 4.45. The van der Waals surface area contributed by atoms with Crippen LogP contribution in [0, 0.1) is 0 Å². The maximum Gasteiger partial charge on any atom is 0.213 e. The number of aromatic nitrogens is 1. The molecule has 0 atom stereocenters. The smallest absolute Gasteiger partial charge is 0.213 e. The van der Waals surface area contributed by atoms with Crippen molar-refractivity contribution < 1.29 is 4.74 Å². The van der Waals surface area contributed by atoms with Crippen LogP contribution in [0.3, 0.4) is 0 Å². The van der Waals surface area contributed by atoms with Gasteiger partial charge in [0.1, 0.15) is 0 Å². The number of hydrogen-bond acceptors (Lipinski definition) is 3. The van der Waals surface area contributed by atoms with Crippen LogP contribution < -0.4 is 10.1 Å². The quantitative estimate of drug-likeness (QED) is 0.732. The van der Waals surface area contributed by atoms with E-state index in [9.17, 15) is 0 Å². The van der Waals surface area contributed by atoms with Crippen molar-refractivity contribution in [3.05, 3.63) is 22.8 Å². The van der Waals surface area contributed by atoms with Crippen LogP contribution >= 0.6 is 11.6 Å². The van der Waals surface area contributed by atoms with Gasteiger partial charge in [0, 0.05) is 18.7 Å². The van der Waals surface area contributed by atoms with Gasteiger partial charge < -0.3 is 10.1 Å². The van der Waals surface area contributed by atoms with Crippen molar-refractivity contribution in [2.24, 2.45) is 0 Å². The average molecular weight is 269 g/mol. The van der Waals surface area contributed by atoms with Crippen molar-refractivity contribution >= 4 is 11.6 Å². The highest BCUT2D eigenvalue weighted by Gasteiger charge is 2.20. The molecule has 0 unspecified atom stereocenters. The van der Waals surface area contributed by atoms with Gasteiger partial charge in [-0.05, 0) is 25.3 Å². The molecule has 100 valence electrons. The Morgan fingerprint density at radius 2 is 2.22 bits per heavy atom. The molecule has 0 radical (unpaired) electrons. The number of nitrogens with one attached hydrogen (secondary N) is 1. The molecule has 1 saturated carbocycles. The van der Waals surface area contributed by atoms with Crippen LogP contribution in [0.1, 0.15) is 44.7 Å². The average Bonchev–Trinajstić information content (AvgIpc) is 3.19. The molecule has 1 aliphatic rings. The Labute approximate surface area is 114 Å². The van der Waals surface area contributed by atoms with Crippen LogP contribution in [0.2, 0.25) is 5.02 Å². The number of rotatable bonds is 8. The van der Waals surface area contributed by atoms with Gasteiger partial charge in [-0.3, -0.25) is 0 Å². The lowest BCUT2D eigenvalue weighted by Gasteiger charge is -2.09. The first kappa shape index (κ1) is 13.6. The molecule has 2 rings (SSSR count). The molecule has 0 spiro atoms. The molecule has 1 N–H and O–H groups in total. The maximum atomic E-state index is 6.13. The second-order valence-electron chi connectivity index (χ2n) is 4.79. The molecule has 0 bridgehead atoms. The van der Waals surface area contributed by atoms with Gasteiger partial charge in [-0.25, -0.2) is 4.98 Å². The highest BCUT2D eigenvalue weighted by molar-refractivity contribution is 6.31. The molecule has 1 aliphatic carbocycles. The second-order valence-corrected chi connectivity index (χ2v) is 5.20. The molecule has 1 heterocycles. The lowest BCUT2D eigenvalue weighted by atomic mass is 10.3. The molecule has 0 aliphatic heterocycles. The molecule has 3 nitrogen and oxygen atoms in total. The molecule has 4 heteroatoms. The fourth-order valence-corrected chi connectivity index (χ4v) is 1.90. The molecule has 0 aromatic carbocycles. The molecule has 1 aromatic rings. The van der Waals surface area contributed by atoms with Crippen molar-refractivity contribution in [2.75, 3.05) is 6.61 Å². The molecule has 1 aromatic heterocycles. The summed E-state index contributed by atoms with van der Waals surface area (Å²) in [6.07, 6.45) is 6.02. The van der Waals surface area contributed by atoms with Crippen molar-refractivity contribution in [1.82, 2.24) is 10.3 Å². The number of nitrogens with zero attached hydrogens (tertiary/aromatic N) is 1. The van der Waals surface area contributed by atoms with Crippen molar-refractivity contribution in [3.8, 4) is 5.88 Å². The Morgan fingerprint density at radius 1 is 1.39 bits per heavy atom. The first-order chi connectivity index (χ1) is 8.79. The van der Waals surface area contributed by atoms with Crippen LogP contribution in [0.15, 0.2) is 12.1 Å². The van der Waals surface area contributed by atoms with E-state index >= 15 is 0 Å². The predicted octanol–water partition coefficient (Wildman–Crippen LogP) is 3.56. The van der Waals surface area contributed by atoms with E-state index in [1.54, 1.807) is 0 Å². The van der Waals surface area contributed by atoms with E-state index in [2.05, 4.69) is 17.2 Å². The summed E-state index contributed by atoms with van der Waals surface area (Å²) in [5, 5.41) is 4.13. The third-order valence-electron chi connectivity index (χ3n) is 3.03. The maximum absolute atomic E-state index is 6.13. The summed E-state index contributed by atoms with van der Waals surface area (Å²) in [6.45, 7) is 3.65. The zero-order valence-corrected chi connectivity index (χ0v) is 11.7. The Balaban J connectivity index is 1.83. The fraction of sp³-hybridized carbons (Fsp3) is 0.643. The Bertz CT molecular complexity index is 380. The molecular weight excluding hydrogens is 248 g/mol. The van der Waals surface area contributed by atoms with Gasteiger partial charge in [-0.1, -0.05) is 31.4 Å². The Kier molecular flexibility index (Phi) is 5.26. The Hall–Kier alpha value is -0.800. The van der Waals surface area contributed by atoms with Gasteiger partial charge in [-0.2, -0.15) is 0 Å². The fourth-order valence-electron chi connectivity index (χ4n) is 1.73. The van der Waals surface area contributed by atoms with E-state index < -0.39 is 0 Å². The van der Waals surface area contributed by atoms with Crippen molar-refractivity contribution in [1.29, 1.82) is 0 Å². The summed E-state index contributed by atoms with van der Waals surface area (Å²) >= 11 is 6.13. The van der Waals surface area contributed by atoms with E-state index in [1.807, 2.05) is 12.1 Å². The summed E-state index contributed by atoms with van der Waals surface area (Å²) in [6, 6.07) is 4.37. The van der Waals surface area contributed by atoms with Gasteiger partial charge >= 0.3 is 0 Å². The first-order valence-electron chi connectivity index (χ1n) is 6.81. The van der Waals surface area contributed by atoms with Gasteiger partial charge in [0.15, 0.2) is 0 Å².